The molecule has 0 bridgehead atoms. The van der Waals surface area contributed by atoms with Crippen molar-refractivity contribution in [3.05, 3.63) is 83.8 Å². The first-order valence-corrected chi connectivity index (χ1v) is 11.5. The second-order valence-corrected chi connectivity index (χ2v) is 6.78. The number of nitrogens with one attached hydrogen (secondary N) is 1. The van der Waals surface area contributed by atoms with Crippen LogP contribution < -0.4 is 5.32 Å². The topological polar surface area (TPSA) is 68.2 Å². The van der Waals surface area contributed by atoms with E-state index in [-0.39, 0.29) is 13.2 Å². The highest BCUT2D eigenvalue weighted by molar-refractivity contribution is 5.66. The first-order valence-electron chi connectivity index (χ1n) is 11.5. The second kappa shape index (κ2) is 26.1. The minimum absolute atomic E-state index is 0. The minimum Gasteiger partial charge on any atom is -0.508 e. The molecule has 34 heavy (non-hydrogen) atoms. The van der Waals surface area contributed by atoms with Crippen molar-refractivity contribution >= 4 is 13.0 Å². The normalized spacial score (nSPS) is 11.1. The molecule has 1 aromatic rings. The zero-order valence-electron chi connectivity index (χ0n) is 21.4. The van der Waals surface area contributed by atoms with Crippen LogP contribution in [0.25, 0.3) is 0 Å². The second-order valence-electron chi connectivity index (χ2n) is 6.78. The Morgan fingerprint density at radius 2 is 1.79 bits per heavy atom. The average Bonchev–Trinajstić information content (AvgIpc) is 2.83. The third-order valence-electron chi connectivity index (χ3n) is 4.03. The van der Waals surface area contributed by atoms with Crippen molar-refractivity contribution in [1.29, 1.82) is 0 Å². The number of carbonyl (C=O) groups is 1. The van der Waals surface area contributed by atoms with Crippen molar-refractivity contribution in [2.45, 2.75) is 55.0 Å². The third-order valence-corrected chi connectivity index (χ3v) is 4.03. The van der Waals surface area contributed by atoms with Gasteiger partial charge in [0.15, 0.2) is 0 Å². The lowest BCUT2D eigenvalue weighted by atomic mass is 10.2. The van der Waals surface area contributed by atoms with Gasteiger partial charge in [0.2, 0.25) is 0 Å². The fourth-order valence-corrected chi connectivity index (χ4v) is 2.55. The zero-order valence-corrected chi connectivity index (χ0v) is 21.4. The lowest BCUT2D eigenvalue weighted by molar-refractivity contribution is -0.104. The van der Waals surface area contributed by atoms with Gasteiger partial charge in [-0.15, -0.1) is 0 Å². The molecule has 0 aliphatic carbocycles. The molecule has 0 aliphatic rings. The SMILES string of the molecule is C.C=NN(C)CN/C(=C\C=O)CN(CCC)Cc1ccccc1.CC.C\C=C/C(O)=C\C=C\C. The number of aliphatic hydroxyl groups is 1. The number of nitrogens with zero attached hydrogens (tertiary/aromatic N) is 3. The van der Waals surface area contributed by atoms with E-state index < -0.39 is 0 Å². The van der Waals surface area contributed by atoms with Gasteiger partial charge in [-0.25, -0.2) is 0 Å². The number of aldehydes is 1. The van der Waals surface area contributed by atoms with Crippen molar-refractivity contribution in [2.24, 2.45) is 5.10 Å². The lowest BCUT2D eigenvalue weighted by Gasteiger charge is -2.25. The monoisotopic (exact) mass is 472 g/mol. The minimum atomic E-state index is 0. The van der Waals surface area contributed by atoms with Gasteiger partial charge in [0, 0.05) is 32.6 Å². The Bertz CT molecular complexity index is 725. The molecule has 0 aliphatic heterocycles. The van der Waals surface area contributed by atoms with Gasteiger partial charge < -0.3 is 10.4 Å². The highest BCUT2D eigenvalue weighted by Gasteiger charge is 2.08. The summed E-state index contributed by atoms with van der Waals surface area (Å²) in [4.78, 5) is 13.2. The predicted octanol–water partition coefficient (Wildman–Crippen LogP) is 6.32. The van der Waals surface area contributed by atoms with Gasteiger partial charge in [-0.05, 0) is 50.6 Å². The summed E-state index contributed by atoms with van der Waals surface area (Å²) in [6, 6.07) is 10.4. The van der Waals surface area contributed by atoms with Gasteiger partial charge in [0.1, 0.15) is 18.7 Å². The summed E-state index contributed by atoms with van der Waals surface area (Å²) in [6.07, 6.45) is 12.2. The van der Waals surface area contributed by atoms with Gasteiger partial charge in [-0.2, -0.15) is 5.10 Å². The molecule has 0 spiro atoms. The van der Waals surface area contributed by atoms with E-state index in [4.69, 9.17) is 5.11 Å². The van der Waals surface area contributed by atoms with Crippen molar-refractivity contribution in [3.63, 3.8) is 0 Å². The fourth-order valence-electron chi connectivity index (χ4n) is 2.55. The van der Waals surface area contributed by atoms with Crippen LogP contribution >= 0.6 is 0 Å². The van der Waals surface area contributed by atoms with Crippen LogP contribution in [0.4, 0.5) is 0 Å². The molecule has 0 amide bonds. The zero-order chi connectivity index (χ0) is 25.3. The quantitative estimate of drug-likeness (QED) is 0.0669. The maximum absolute atomic E-state index is 10.8. The highest BCUT2D eigenvalue weighted by Crippen LogP contribution is 2.07. The van der Waals surface area contributed by atoms with Crippen molar-refractivity contribution in [3.8, 4) is 0 Å². The first-order chi connectivity index (χ1) is 16.0. The standard InChI is InChI=1S/C17H26N4O.C8H12O.C2H6.CH4/c1-4-11-21(13-16-8-6-5-7-9-16)14-17(10-12-22)19-15-20(3)18-2;1-3-5-7-8(9)6-4-2;1-2;/h5-10,12,19H,2,4,11,13-15H2,1,3H3;3-7,9H,1-2H3;1-2H3;1H4/b17-10-;5-3+,6-4-,8-7+;;. The Hall–Kier alpha value is -3.12. The Balaban J connectivity index is -0.000000677. The summed E-state index contributed by atoms with van der Waals surface area (Å²) in [5, 5.41) is 17.6. The van der Waals surface area contributed by atoms with Crippen molar-refractivity contribution < 1.29 is 9.90 Å². The molecular weight excluding hydrogens is 424 g/mol. The van der Waals surface area contributed by atoms with E-state index >= 15 is 0 Å². The van der Waals surface area contributed by atoms with Crippen LogP contribution in [0.15, 0.2) is 83.3 Å². The third kappa shape index (κ3) is 20.8. The molecule has 0 radical (unpaired) electrons. The molecule has 1 aromatic carbocycles. The van der Waals surface area contributed by atoms with E-state index in [0.29, 0.717) is 13.2 Å². The summed E-state index contributed by atoms with van der Waals surface area (Å²) in [6.45, 7) is 16.4. The van der Waals surface area contributed by atoms with Crippen LogP contribution in [0, 0.1) is 0 Å². The van der Waals surface area contributed by atoms with Crippen LogP contribution in [-0.2, 0) is 11.3 Å². The average molecular weight is 473 g/mol. The molecular formula is C28H48N4O2. The molecule has 6 nitrogen and oxygen atoms in total. The molecule has 192 valence electrons. The summed E-state index contributed by atoms with van der Waals surface area (Å²) in [5.74, 6) is 0.288. The maximum atomic E-state index is 10.8. The molecule has 0 unspecified atom stereocenters. The van der Waals surface area contributed by atoms with Crippen LogP contribution in [-0.4, -0.2) is 54.8 Å². The van der Waals surface area contributed by atoms with E-state index in [1.54, 1.807) is 35.4 Å². The van der Waals surface area contributed by atoms with Gasteiger partial charge in [0.05, 0.1) is 0 Å². The molecule has 6 heteroatoms. The summed E-state index contributed by atoms with van der Waals surface area (Å²) >= 11 is 0. The summed E-state index contributed by atoms with van der Waals surface area (Å²) in [5.41, 5.74) is 2.15. The van der Waals surface area contributed by atoms with Crippen LogP contribution in [0.3, 0.4) is 0 Å². The number of benzene rings is 1. The number of allylic oxidation sites excluding steroid dienone is 6. The number of aliphatic hydroxyl groups excluding tert-OH is 1. The van der Waals surface area contributed by atoms with Crippen LogP contribution in [0.1, 0.15) is 54.0 Å². The number of hydrogen-bond acceptors (Lipinski definition) is 6. The first kappa shape index (κ1) is 35.5. The van der Waals surface area contributed by atoms with Crippen molar-refractivity contribution in [1.82, 2.24) is 15.2 Å². The molecule has 0 saturated heterocycles. The molecule has 0 atom stereocenters. The van der Waals surface area contributed by atoms with E-state index in [1.807, 2.05) is 59.0 Å². The highest BCUT2D eigenvalue weighted by atomic mass is 16.3. The van der Waals surface area contributed by atoms with Gasteiger partial charge in [-0.1, -0.05) is 76.8 Å². The summed E-state index contributed by atoms with van der Waals surface area (Å²) in [7, 11) is 1.83. The number of carbonyl (C=O) groups excluding carboxylic acids is 1. The van der Waals surface area contributed by atoms with Gasteiger partial charge in [-0.3, -0.25) is 14.7 Å². The molecule has 0 aromatic heterocycles. The molecule has 0 heterocycles. The van der Waals surface area contributed by atoms with Gasteiger partial charge >= 0.3 is 0 Å². The van der Waals surface area contributed by atoms with E-state index in [2.05, 4.69) is 41.1 Å². The lowest BCUT2D eigenvalue weighted by Crippen LogP contribution is -2.34. The number of rotatable bonds is 13. The molecule has 2 N–H and O–H groups in total. The molecule has 0 saturated carbocycles. The van der Waals surface area contributed by atoms with E-state index in [0.717, 1.165) is 31.5 Å². The largest absolute Gasteiger partial charge is 0.508 e. The van der Waals surface area contributed by atoms with Crippen LogP contribution in [0.5, 0.6) is 0 Å². The smallest absolute Gasteiger partial charge is 0.144 e. The van der Waals surface area contributed by atoms with E-state index in [1.165, 1.54) is 5.56 Å². The van der Waals surface area contributed by atoms with Crippen LogP contribution in [0.2, 0.25) is 0 Å². The Morgan fingerprint density at radius 1 is 1.15 bits per heavy atom. The maximum Gasteiger partial charge on any atom is 0.144 e. The molecule has 1 rings (SSSR count). The Kier molecular flexibility index (Phi) is 27.3. The number of hydrogen-bond donors (Lipinski definition) is 2. The number of hydrazone groups is 1. The van der Waals surface area contributed by atoms with Crippen molar-refractivity contribution in [2.75, 3.05) is 26.8 Å². The van der Waals surface area contributed by atoms with E-state index in [9.17, 15) is 4.79 Å². The predicted molar refractivity (Wildman–Crippen MR) is 150 cm³/mol. The Labute approximate surface area is 209 Å². The van der Waals surface area contributed by atoms with Gasteiger partial charge in [0.25, 0.3) is 0 Å². The summed E-state index contributed by atoms with van der Waals surface area (Å²) < 4.78 is 0. The fraction of sp³-hybridized carbons (Fsp3) is 0.429. The Morgan fingerprint density at radius 3 is 2.29 bits per heavy atom. The molecule has 0 fully saturated rings.